The molecule has 1 saturated carbocycles. The molecule has 0 amide bonds. The van der Waals surface area contributed by atoms with Crippen molar-refractivity contribution in [3.8, 4) is 0 Å². The van der Waals surface area contributed by atoms with Crippen LogP contribution in [0.5, 0.6) is 0 Å². The molecule has 25 heavy (non-hydrogen) atoms. The van der Waals surface area contributed by atoms with Crippen molar-refractivity contribution in [2.45, 2.75) is 18.4 Å². The van der Waals surface area contributed by atoms with E-state index >= 15 is 0 Å². The quantitative estimate of drug-likeness (QED) is 0.642. The Balaban J connectivity index is 1.60. The molecular formula is C18H18ClFN4S. The SMILES string of the molecule is Nc1cc(F)cc(Cl)c1C(=S)N1CCN(c2ccncc2)CC12CC2. The minimum atomic E-state index is -0.447. The number of halogens is 2. The number of nitrogens with zero attached hydrogens (tertiary/aromatic N) is 3. The van der Waals surface area contributed by atoms with Crippen molar-refractivity contribution in [1.29, 1.82) is 0 Å². The highest BCUT2D eigenvalue weighted by Gasteiger charge is 2.52. The second-order valence-electron chi connectivity index (χ2n) is 6.66. The van der Waals surface area contributed by atoms with Crippen molar-refractivity contribution < 1.29 is 4.39 Å². The van der Waals surface area contributed by atoms with Gasteiger partial charge in [0.15, 0.2) is 0 Å². The summed E-state index contributed by atoms with van der Waals surface area (Å²) >= 11 is 11.9. The van der Waals surface area contributed by atoms with Gasteiger partial charge in [0, 0.05) is 43.4 Å². The number of pyridine rings is 1. The highest BCUT2D eigenvalue weighted by atomic mass is 35.5. The molecule has 1 aromatic carbocycles. The van der Waals surface area contributed by atoms with E-state index in [1.165, 1.54) is 17.8 Å². The van der Waals surface area contributed by atoms with Gasteiger partial charge in [-0.25, -0.2) is 4.39 Å². The summed E-state index contributed by atoms with van der Waals surface area (Å²) in [6.07, 6.45) is 5.77. The minimum Gasteiger partial charge on any atom is -0.398 e. The van der Waals surface area contributed by atoms with Crippen molar-refractivity contribution in [3.05, 3.63) is 53.1 Å². The summed E-state index contributed by atoms with van der Waals surface area (Å²) in [6, 6.07) is 6.60. The van der Waals surface area contributed by atoms with E-state index in [1.54, 1.807) is 0 Å². The van der Waals surface area contributed by atoms with E-state index in [-0.39, 0.29) is 10.6 Å². The summed E-state index contributed by atoms with van der Waals surface area (Å²) in [7, 11) is 0. The molecule has 0 unspecified atom stereocenters. The second kappa shape index (κ2) is 6.11. The van der Waals surface area contributed by atoms with Crippen LogP contribution in [0.3, 0.4) is 0 Å². The molecule has 4 rings (SSSR count). The number of aromatic nitrogens is 1. The van der Waals surface area contributed by atoms with Crippen molar-refractivity contribution >= 4 is 40.2 Å². The Morgan fingerprint density at radius 2 is 1.96 bits per heavy atom. The van der Waals surface area contributed by atoms with Crippen LogP contribution >= 0.6 is 23.8 Å². The third kappa shape index (κ3) is 2.93. The number of rotatable bonds is 2. The molecule has 1 aliphatic heterocycles. The average Bonchev–Trinajstić information content (AvgIpc) is 3.34. The Kier molecular flexibility index (Phi) is 4.04. The summed E-state index contributed by atoms with van der Waals surface area (Å²) in [6.45, 7) is 2.54. The molecule has 1 aromatic heterocycles. The fraction of sp³-hybridized carbons (Fsp3) is 0.333. The number of anilines is 2. The minimum absolute atomic E-state index is 0.0166. The van der Waals surface area contributed by atoms with Crippen LogP contribution in [-0.2, 0) is 0 Å². The fourth-order valence-electron chi connectivity index (χ4n) is 3.60. The molecule has 2 fully saturated rings. The lowest BCUT2D eigenvalue weighted by Gasteiger charge is -2.44. The Labute approximate surface area is 156 Å². The molecule has 1 spiro atoms. The van der Waals surface area contributed by atoms with Gasteiger partial charge < -0.3 is 15.5 Å². The highest BCUT2D eigenvalue weighted by molar-refractivity contribution is 7.80. The molecule has 130 valence electrons. The summed E-state index contributed by atoms with van der Waals surface area (Å²) in [5.41, 5.74) is 8.06. The summed E-state index contributed by atoms with van der Waals surface area (Å²) in [5.74, 6) is -0.447. The van der Waals surface area contributed by atoms with E-state index in [0.29, 0.717) is 16.2 Å². The lowest BCUT2D eigenvalue weighted by Crippen LogP contribution is -2.57. The smallest absolute Gasteiger partial charge is 0.126 e. The fourth-order valence-corrected chi connectivity index (χ4v) is 4.47. The van der Waals surface area contributed by atoms with Crippen LogP contribution in [0.4, 0.5) is 15.8 Å². The Hall–Kier alpha value is -1.92. The maximum Gasteiger partial charge on any atom is 0.126 e. The van der Waals surface area contributed by atoms with Gasteiger partial charge in [0.25, 0.3) is 0 Å². The monoisotopic (exact) mass is 376 g/mol. The standard InChI is InChI=1S/C18H18ClFN4S/c19-14-9-12(20)10-15(21)16(14)17(25)24-8-7-23(11-18(24)3-4-18)13-1-5-22-6-2-13/h1-2,5-6,9-10H,3-4,7-8,11,21H2. The number of thiocarbonyl (C=S) groups is 1. The zero-order chi connectivity index (χ0) is 17.6. The lowest BCUT2D eigenvalue weighted by atomic mass is 10.1. The van der Waals surface area contributed by atoms with E-state index in [9.17, 15) is 4.39 Å². The third-order valence-electron chi connectivity index (χ3n) is 5.05. The molecule has 0 bridgehead atoms. The molecule has 7 heteroatoms. The van der Waals surface area contributed by atoms with Crippen LogP contribution in [0, 0.1) is 5.82 Å². The molecule has 2 aliphatic rings. The largest absolute Gasteiger partial charge is 0.398 e. The van der Waals surface area contributed by atoms with Crippen LogP contribution in [0.2, 0.25) is 5.02 Å². The first-order valence-electron chi connectivity index (χ1n) is 8.22. The maximum absolute atomic E-state index is 13.5. The zero-order valence-electron chi connectivity index (χ0n) is 13.6. The Morgan fingerprint density at radius 1 is 1.24 bits per heavy atom. The number of nitrogen functional groups attached to an aromatic ring is 1. The molecule has 1 saturated heterocycles. The first-order chi connectivity index (χ1) is 12.0. The van der Waals surface area contributed by atoms with Gasteiger partial charge in [0.05, 0.1) is 16.1 Å². The van der Waals surface area contributed by atoms with Crippen molar-refractivity contribution in [3.63, 3.8) is 0 Å². The van der Waals surface area contributed by atoms with Gasteiger partial charge >= 0.3 is 0 Å². The zero-order valence-corrected chi connectivity index (χ0v) is 15.2. The molecule has 2 N–H and O–H groups in total. The van der Waals surface area contributed by atoms with Crippen molar-refractivity contribution in [1.82, 2.24) is 9.88 Å². The third-order valence-corrected chi connectivity index (χ3v) is 5.77. The molecule has 0 atom stereocenters. The van der Waals surface area contributed by atoms with Gasteiger partial charge in [-0.05, 0) is 37.1 Å². The van der Waals surface area contributed by atoms with Crippen LogP contribution in [0.25, 0.3) is 0 Å². The van der Waals surface area contributed by atoms with Gasteiger partial charge in [-0.1, -0.05) is 23.8 Å². The number of nitrogens with two attached hydrogens (primary N) is 1. The molecular weight excluding hydrogens is 359 g/mol. The first kappa shape index (κ1) is 16.5. The molecule has 2 aromatic rings. The average molecular weight is 377 g/mol. The summed E-state index contributed by atoms with van der Waals surface area (Å²) < 4.78 is 13.5. The number of benzene rings is 1. The number of hydrogen-bond donors (Lipinski definition) is 1. The molecule has 2 heterocycles. The van der Waals surface area contributed by atoms with E-state index in [0.717, 1.165) is 32.5 Å². The first-order valence-corrected chi connectivity index (χ1v) is 9.00. The Bertz CT molecular complexity index is 802. The normalized spacial score (nSPS) is 18.5. The highest BCUT2D eigenvalue weighted by Crippen LogP contribution is 2.46. The van der Waals surface area contributed by atoms with Gasteiger partial charge in [-0.2, -0.15) is 0 Å². The van der Waals surface area contributed by atoms with E-state index in [1.807, 2.05) is 24.5 Å². The van der Waals surface area contributed by atoms with Gasteiger partial charge in [-0.3, -0.25) is 4.98 Å². The number of hydrogen-bond acceptors (Lipinski definition) is 4. The predicted octanol–water partition coefficient (Wildman–Crippen LogP) is 3.49. The van der Waals surface area contributed by atoms with Crippen molar-refractivity contribution in [2.75, 3.05) is 30.3 Å². The Morgan fingerprint density at radius 3 is 2.60 bits per heavy atom. The molecule has 1 aliphatic carbocycles. The summed E-state index contributed by atoms with van der Waals surface area (Å²) in [4.78, 5) is 9.30. The topological polar surface area (TPSA) is 45.4 Å². The van der Waals surface area contributed by atoms with E-state index < -0.39 is 5.82 Å². The van der Waals surface area contributed by atoms with Crippen LogP contribution in [-0.4, -0.2) is 40.0 Å². The second-order valence-corrected chi connectivity index (χ2v) is 7.45. The summed E-state index contributed by atoms with van der Waals surface area (Å²) in [5, 5.41) is 0.273. The van der Waals surface area contributed by atoms with E-state index in [2.05, 4.69) is 14.8 Å². The van der Waals surface area contributed by atoms with Gasteiger partial charge in [0.2, 0.25) is 0 Å². The van der Waals surface area contributed by atoms with E-state index in [4.69, 9.17) is 29.6 Å². The molecule has 0 radical (unpaired) electrons. The maximum atomic E-state index is 13.5. The van der Waals surface area contributed by atoms with Crippen molar-refractivity contribution in [2.24, 2.45) is 0 Å². The van der Waals surface area contributed by atoms with Crippen LogP contribution in [0.15, 0.2) is 36.7 Å². The van der Waals surface area contributed by atoms with Gasteiger partial charge in [0.1, 0.15) is 10.8 Å². The molecule has 4 nitrogen and oxygen atoms in total. The number of piperazine rings is 1. The predicted molar refractivity (Wildman–Crippen MR) is 103 cm³/mol. The van der Waals surface area contributed by atoms with Gasteiger partial charge in [-0.15, -0.1) is 0 Å². The van der Waals surface area contributed by atoms with Crippen LogP contribution in [0.1, 0.15) is 18.4 Å². The lowest BCUT2D eigenvalue weighted by molar-refractivity contribution is 0.265. The van der Waals surface area contributed by atoms with Crippen LogP contribution < -0.4 is 10.6 Å².